The van der Waals surface area contributed by atoms with Crippen LogP contribution >= 0.6 is 0 Å². The predicted molar refractivity (Wildman–Crippen MR) is 129 cm³/mol. The molecule has 0 bridgehead atoms. The highest BCUT2D eigenvalue weighted by Gasteiger charge is 2.35. The third-order valence-corrected chi connectivity index (χ3v) is 8.38. The Kier molecular flexibility index (Phi) is 8.47. The van der Waals surface area contributed by atoms with Gasteiger partial charge < -0.3 is 9.80 Å². The zero-order valence-corrected chi connectivity index (χ0v) is 19.8. The van der Waals surface area contributed by atoms with Gasteiger partial charge in [0, 0.05) is 25.6 Å². The minimum Gasteiger partial charge on any atom is -0.337 e. The number of carbonyl (C=O) groups is 1. The molecule has 0 N–H and O–H groups in total. The predicted octanol–water partition coefficient (Wildman–Crippen LogP) is 6.07. The number of hydrogen-bond acceptors (Lipinski definition) is 2. The van der Waals surface area contributed by atoms with E-state index in [1.807, 2.05) is 6.92 Å². The van der Waals surface area contributed by atoms with Crippen molar-refractivity contribution in [2.75, 3.05) is 19.6 Å². The molecule has 0 aromatic heterocycles. The monoisotopic (exact) mass is 424 g/mol. The van der Waals surface area contributed by atoms with E-state index in [1.54, 1.807) is 0 Å². The van der Waals surface area contributed by atoms with Crippen molar-refractivity contribution in [3.8, 4) is 0 Å². The number of amides is 1. The highest BCUT2D eigenvalue weighted by atomic mass is 16.2. The van der Waals surface area contributed by atoms with Crippen LogP contribution in [-0.4, -0.2) is 47.4 Å². The summed E-state index contributed by atoms with van der Waals surface area (Å²) < 4.78 is 0. The van der Waals surface area contributed by atoms with E-state index in [0.717, 1.165) is 11.8 Å². The van der Waals surface area contributed by atoms with Crippen LogP contribution in [0.2, 0.25) is 0 Å². The number of hydrogen-bond donors (Lipinski definition) is 0. The highest BCUT2D eigenvalue weighted by molar-refractivity contribution is 5.74. The molecule has 1 aromatic rings. The Labute approximate surface area is 190 Å². The smallest absolute Gasteiger partial charge is 0.219 e. The van der Waals surface area contributed by atoms with Gasteiger partial charge in [-0.2, -0.15) is 0 Å². The van der Waals surface area contributed by atoms with Crippen molar-refractivity contribution in [2.45, 2.75) is 102 Å². The van der Waals surface area contributed by atoms with Crippen molar-refractivity contribution in [3.05, 3.63) is 35.9 Å². The zero-order chi connectivity index (χ0) is 21.5. The summed E-state index contributed by atoms with van der Waals surface area (Å²) >= 11 is 0. The number of benzene rings is 1. The Balaban J connectivity index is 1.16. The fourth-order valence-corrected chi connectivity index (χ4v) is 6.70. The second kappa shape index (κ2) is 11.5. The van der Waals surface area contributed by atoms with Gasteiger partial charge in [0.1, 0.15) is 0 Å². The third-order valence-electron chi connectivity index (χ3n) is 8.38. The van der Waals surface area contributed by atoms with Crippen LogP contribution in [0.3, 0.4) is 0 Å². The largest absolute Gasteiger partial charge is 0.337 e. The number of piperidine rings is 1. The Morgan fingerprint density at radius 2 is 1.65 bits per heavy atom. The minimum atomic E-state index is 0.328. The van der Waals surface area contributed by atoms with Gasteiger partial charge in [-0.3, -0.25) is 4.79 Å². The molecule has 0 spiro atoms. The van der Waals surface area contributed by atoms with Gasteiger partial charge in [-0.25, -0.2) is 0 Å². The molecule has 3 fully saturated rings. The fourth-order valence-electron chi connectivity index (χ4n) is 6.70. The van der Waals surface area contributed by atoms with Crippen LogP contribution in [0.4, 0.5) is 0 Å². The van der Waals surface area contributed by atoms with Crippen molar-refractivity contribution >= 4 is 5.91 Å². The number of carbonyl (C=O) groups excluding carboxylic acids is 1. The first-order valence-electron chi connectivity index (χ1n) is 13.2. The van der Waals surface area contributed by atoms with Crippen LogP contribution in [0.1, 0.15) is 89.5 Å². The average Bonchev–Trinajstić information content (AvgIpc) is 3.24. The summed E-state index contributed by atoms with van der Waals surface area (Å²) in [6.07, 6.45) is 17.0. The summed E-state index contributed by atoms with van der Waals surface area (Å²) in [7, 11) is 0. The molecule has 1 heterocycles. The topological polar surface area (TPSA) is 23.6 Å². The normalized spacial score (nSPS) is 26.2. The Morgan fingerprint density at radius 1 is 0.903 bits per heavy atom. The highest BCUT2D eigenvalue weighted by Crippen LogP contribution is 2.35. The van der Waals surface area contributed by atoms with Gasteiger partial charge in [0.2, 0.25) is 5.91 Å². The molecule has 4 rings (SSSR count). The first-order valence-corrected chi connectivity index (χ1v) is 13.2. The molecule has 2 atom stereocenters. The van der Waals surface area contributed by atoms with Crippen LogP contribution in [0, 0.1) is 11.8 Å². The quantitative estimate of drug-likeness (QED) is 0.505. The molecule has 3 heteroatoms. The molecule has 1 unspecified atom stereocenters. The molecule has 172 valence electrons. The number of rotatable bonds is 8. The van der Waals surface area contributed by atoms with Gasteiger partial charge in [-0.05, 0) is 88.3 Å². The van der Waals surface area contributed by atoms with E-state index in [0.29, 0.717) is 18.0 Å². The van der Waals surface area contributed by atoms with E-state index in [9.17, 15) is 4.79 Å². The van der Waals surface area contributed by atoms with E-state index in [4.69, 9.17) is 0 Å². The van der Waals surface area contributed by atoms with Gasteiger partial charge in [0.25, 0.3) is 0 Å². The summed E-state index contributed by atoms with van der Waals surface area (Å²) in [5.41, 5.74) is 1.49. The molecule has 1 aliphatic heterocycles. The molecular formula is C28H44N2O. The van der Waals surface area contributed by atoms with Gasteiger partial charge in [0.05, 0.1) is 0 Å². The molecule has 1 amide bonds. The Bertz CT molecular complexity index is 661. The lowest BCUT2D eigenvalue weighted by Gasteiger charge is -2.38. The van der Waals surface area contributed by atoms with Crippen molar-refractivity contribution in [1.29, 1.82) is 0 Å². The average molecular weight is 425 g/mol. The van der Waals surface area contributed by atoms with E-state index in [1.165, 1.54) is 109 Å². The van der Waals surface area contributed by atoms with Gasteiger partial charge in [-0.15, -0.1) is 0 Å². The van der Waals surface area contributed by atoms with Gasteiger partial charge in [0.15, 0.2) is 0 Å². The zero-order valence-electron chi connectivity index (χ0n) is 19.8. The van der Waals surface area contributed by atoms with Crippen LogP contribution < -0.4 is 0 Å². The summed E-state index contributed by atoms with van der Waals surface area (Å²) in [5, 5.41) is 0. The first kappa shape index (κ1) is 22.8. The molecule has 3 aliphatic rings. The number of likely N-dealkylation sites (tertiary alicyclic amines) is 1. The molecule has 2 saturated carbocycles. The Hall–Kier alpha value is -1.35. The number of aryl methyl sites for hydroxylation is 1. The van der Waals surface area contributed by atoms with Crippen LogP contribution in [0.15, 0.2) is 30.3 Å². The van der Waals surface area contributed by atoms with Crippen LogP contribution in [-0.2, 0) is 11.2 Å². The fraction of sp³-hybridized carbons (Fsp3) is 0.750. The summed E-state index contributed by atoms with van der Waals surface area (Å²) in [4.78, 5) is 17.5. The molecular weight excluding hydrogens is 380 g/mol. The van der Waals surface area contributed by atoms with Gasteiger partial charge >= 0.3 is 0 Å². The molecule has 31 heavy (non-hydrogen) atoms. The minimum absolute atomic E-state index is 0.328. The Morgan fingerprint density at radius 3 is 2.35 bits per heavy atom. The lowest BCUT2D eigenvalue weighted by atomic mass is 9.90. The summed E-state index contributed by atoms with van der Waals surface area (Å²) in [6.45, 7) is 5.65. The second-order valence-corrected chi connectivity index (χ2v) is 10.7. The summed E-state index contributed by atoms with van der Waals surface area (Å²) in [5.74, 6) is 2.05. The van der Waals surface area contributed by atoms with E-state index >= 15 is 0 Å². The van der Waals surface area contributed by atoms with Crippen LogP contribution in [0.25, 0.3) is 0 Å². The maximum atomic E-state index is 12.5. The maximum absolute atomic E-state index is 12.5. The van der Waals surface area contributed by atoms with Crippen molar-refractivity contribution in [1.82, 2.24) is 9.80 Å². The lowest BCUT2D eigenvalue weighted by molar-refractivity contribution is -0.134. The molecule has 3 nitrogen and oxygen atoms in total. The van der Waals surface area contributed by atoms with E-state index < -0.39 is 0 Å². The van der Waals surface area contributed by atoms with Crippen molar-refractivity contribution in [2.24, 2.45) is 11.8 Å². The molecule has 1 aromatic carbocycles. The van der Waals surface area contributed by atoms with E-state index in [-0.39, 0.29) is 0 Å². The first-order chi connectivity index (χ1) is 15.2. The lowest BCUT2D eigenvalue weighted by Crippen LogP contribution is -2.46. The molecule has 2 aliphatic carbocycles. The molecule has 1 saturated heterocycles. The second-order valence-electron chi connectivity index (χ2n) is 10.7. The summed E-state index contributed by atoms with van der Waals surface area (Å²) in [6, 6.07) is 12.0. The van der Waals surface area contributed by atoms with Crippen molar-refractivity contribution < 1.29 is 4.79 Å². The van der Waals surface area contributed by atoms with E-state index in [2.05, 4.69) is 40.1 Å². The standard InChI is InChI=1S/C28H44N2O/c1-23(31)30(27-13-6-3-7-14-27)28-16-15-26(21-28)22-29-19-17-25(18-20-29)12-8-11-24-9-4-2-5-10-24/h2,4-5,9-10,25-28H,3,6-8,11-22H2,1H3/t26-,28?/m1/s1. The van der Waals surface area contributed by atoms with Gasteiger partial charge in [-0.1, -0.05) is 56.0 Å². The van der Waals surface area contributed by atoms with Crippen molar-refractivity contribution in [3.63, 3.8) is 0 Å². The third kappa shape index (κ3) is 6.57. The SMILES string of the molecule is CC(=O)N(C1CCCCC1)C1CC[C@@H](CN2CCC(CCCc3ccccc3)CC2)C1. The molecule has 0 radical (unpaired) electrons. The maximum Gasteiger partial charge on any atom is 0.219 e. The number of nitrogens with zero attached hydrogens (tertiary/aromatic N) is 2. The van der Waals surface area contributed by atoms with Crippen LogP contribution in [0.5, 0.6) is 0 Å².